The maximum absolute atomic E-state index is 12.3. The second-order valence-electron chi connectivity index (χ2n) is 2.83. The molecule has 8 heteroatoms. The lowest BCUT2D eigenvalue weighted by molar-refractivity contribution is -0.142. The van der Waals surface area contributed by atoms with Crippen molar-refractivity contribution < 1.29 is 27.1 Å². The molecule has 0 fully saturated rings. The van der Waals surface area contributed by atoms with Crippen molar-refractivity contribution in [2.75, 3.05) is 0 Å². The maximum atomic E-state index is 12.3. The predicted octanol–water partition coefficient (Wildman–Crippen LogP) is 3.48. The van der Waals surface area contributed by atoms with E-state index in [9.17, 15) is 22.0 Å². The molecule has 1 aromatic heterocycles. The molecule has 1 rings (SSSR count). The first kappa shape index (κ1) is 13.0. The van der Waals surface area contributed by atoms with Gasteiger partial charge in [-0.3, -0.25) is 0 Å². The maximum Gasteiger partial charge on any atom is 0.437 e. The van der Waals surface area contributed by atoms with Crippen LogP contribution < -0.4 is 0 Å². The Kier molecular flexibility index (Phi) is 3.57. The zero-order chi connectivity index (χ0) is 12.5. The van der Waals surface area contributed by atoms with Gasteiger partial charge in [0.1, 0.15) is 0 Å². The summed E-state index contributed by atoms with van der Waals surface area (Å²) in [5.41, 5.74) is -3.25. The molecule has 0 saturated heterocycles. The zero-order valence-electron chi connectivity index (χ0n) is 7.52. The molecule has 1 heterocycles. The summed E-state index contributed by atoms with van der Waals surface area (Å²) in [4.78, 5) is 2.96. The standard InChI is InChI=1S/C8H5ClF5NO/c9-2-3-1-4(7(10)11)5(16)6(15-3)8(12,13)14/h1,7,16H,2H2. The number of nitrogens with zero attached hydrogens (tertiary/aromatic N) is 1. The number of pyridine rings is 1. The van der Waals surface area contributed by atoms with Crippen molar-refractivity contribution in [3.8, 4) is 5.75 Å². The van der Waals surface area contributed by atoms with Crippen molar-refractivity contribution in [2.24, 2.45) is 0 Å². The van der Waals surface area contributed by atoms with Crippen LogP contribution >= 0.6 is 11.6 Å². The minimum Gasteiger partial charge on any atom is -0.505 e. The summed E-state index contributed by atoms with van der Waals surface area (Å²) in [6.07, 6.45) is -8.23. The van der Waals surface area contributed by atoms with Crippen LogP contribution in [0.5, 0.6) is 5.75 Å². The molecule has 0 aromatic carbocycles. The van der Waals surface area contributed by atoms with Gasteiger partial charge in [0.05, 0.1) is 17.1 Å². The molecule has 0 radical (unpaired) electrons. The number of halogens is 6. The molecule has 0 aliphatic heterocycles. The highest BCUT2D eigenvalue weighted by Gasteiger charge is 2.38. The number of hydrogen-bond acceptors (Lipinski definition) is 2. The van der Waals surface area contributed by atoms with Crippen LogP contribution in [0.3, 0.4) is 0 Å². The smallest absolute Gasteiger partial charge is 0.437 e. The Balaban J connectivity index is 3.44. The molecule has 0 amide bonds. The average Bonchev–Trinajstić information content (AvgIpc) is 2.15. The number of aromatic nitrogens is 1. The molecular weight excluding hydrogens is 257 g/mol. The molecule has 0 bridgehead atoms. The Morgan fingerprint density at radius 3 is 2.31 bits per heavy atom. The highest BCUT2D eigenvalue weighted by molar-refractivity contribution is 6.16. The Morgan fingerprint density at radius 1 is 1.38 bits per heavy atom. The van der Waals surface area contributed by atoms with E-state index in [-0.39, 0.29) is 5.69 Å². The Hall–Kier alpha value is -1.11. The van der Waals surface area contributed by atoms with E-state index >= 15 is 0 Å². The highest BCUT2D eigenvalue weighted by atomic mass is 35.5. The van der Waals surface area contributed by atoms with Gasteiger partial charge in [-0.25, -0.2) is 13.8 Å². The summed E-state index contributed by atoms with van der Waals surface area (Å²) < 4.78 is 61.5. The molecule has 0 atom stereocenters. The molecule has 2 nitrogen and oxygen atoms in total. The van der Waals surface area contributed by atoms with Crippen molar-refractivity contribution in [1.29, 1.82) is 0 Å². The van der Waals surface area contributed by atoms with Crippen LogP contribution in [-0.4, -0.2) is 10.1 Å². The fraction of sp³-hybridized carbons (Fsp3) is 0.375. The third-order valence-electron chi connectivity index (χ3n) is 1.72. The van der Waals surface area contributed by atoms with Gasteiger partial charge in [0, 0.05) is 0 Å². The quantitative estimate of drug-likeness (QED) is 0.653. The van der Waals surface area contributed by atoms with Gasteiger partial charge in [-0.2, -0.15) is 13.2 Å². The number of rotatable bonds is 2. The number of alkyl halides is 6. The van der Waals surface area contributed by atoms with E-state index in [0.717, 1.165) is 0 Å². The van der Waals surface area contributed by atoms with Crippen LogP contribution in [0.2, 0.25) is 0 Å². The van der Waals surface area contributed by atoms with Gasteiger partial charge in [0.25, 0.3) is 6.43 Å². The van der Waals surface area contributed by atoms with Gasteiger partial charge in [-0.15, -0.1) is 11.6 Å². The van der Waals surface area contributed by atoms with Crippen LogP contribution in [0.1, 0.15) is 23.4 Å². The van der Waals surface area contributed by atoms with Crippen molar-refractivity contribution in [3.05, 3.63) is 23.0 Å². The highest BCUT2D eigenvalue weighted by Crippen LogP contribution is 2.39. The minimum absolute atomic E-state index is 0.373. The van der Waals surface area contributed by atoms with Gasteiger partial charge < -0.3 is 5.11 Å². The first-order chi connectivity index (χ1) is 7.27. The van der Waals surface area contributed by atoms with Crippen LogP contribution in [0, 0.1) is 0 Å². The summed E-state index contributed by atoms with van der Waals surface area (Å²) >= 11 is 5.22. The van der Waals surface area contributed by atoms with Gasteiger partial charge >= 0.3 is 6.18 Å². The van der Waals surface area contributed by atoms with E-state index in [0.29, 0.717) is 6.07 Å². The largest absolute Gasteiger partial charge is 0.505 e. The Morgan fingerprint density at radius 2 is 1.94 bits per heavy atom. The van der Waals surface area contributed by atoms with E-state index in [2.05, 4.69) is 4.98 Å². The second kappa shape index (κ2) is 4.40. The molecule has 16 heavy (non-hydrogen) atoms. The van der Waals surface area contributed by atoms with E-state index in [1.54, 1.807) is 0 Å². The van der Waals surface area contributed by atoms with Crippen molar-refractivity contribution in [2.45, 2.75) is 18.5 Å². The Labute approximate surface area is 91.7 Å². The van der Waals surface area contributed by atoms with Gasteiger partial charge in [0.2, 0.25) is 0 Å². The number of hydrogen-bond donors (Lipinski definition) is 1. The van der Waals surface area contributed by atoms with E-state index in [1.165, 1.54) is 0 Å². The van der Waals surface area contributed by atoms with Crippen molar-refractivity contribution >= 4 is 11.6 Å². The molecule has 0 aliphatic carbocycles. The average molecular weight is 262 g/mol. The lowest BCUT2D eigenvalue weighted by atomic mass is 10.1. The van der Waals surface area contributed by atoms with Crippen molar-refractivity contribution in [1.82, 2.24) is 4.98 Å². The van der Waals surface area contributed by atoms with Crippen LogP contribution in [0.4, 0.5) is 22.0 Å². The van der Waals surface area contributed by atoms with Crippen LogP contribution in [0.15, 0.2) is 6.07 Å². The monoisotopic (exact) mass is 261 g/mol. The molecule has 0 unspecified atom stereocenters. The molecule has 0 saturated carbocycles. The van der Waals surface area contributed by atoms with Crippen LogP contribution in [0.25, 0.3) is 0 Å². The summed E-state index contributed by atoms with van der Waals surface area (Å²) in [5, 5.41) is 9.01. The van der Waals surface area contributed by atoms with Crippen molar-refractivity contribution in [3.63, 3.8) is 0 Å². The first-order valence-electron chi connectivity index (χ1n) is 3.91. The first-order valence-corrected chi connectivity index (χ1v) is 4.45. The third kappa shape index (κ3) is 2.52. The normalized spacial score (nSPS) is 12.2. The fourth-order valence-corrected chi connectivity index (χ4v) is 1.18. The molecule has 0 spiro atoms. The van der Waals surface area contributed by atoms with Gasteiger partial charge in [-0.1, -0.05) is 0 Å². The SMILES string of the molecule is Oc1c(C(F)F)cc(CCl)nc1C(F)(F)F. The summed E-state index contributed by atoms with van der Waals surface area (Å²) in [6.45, 7) is 0. The molecule has 90 valence electrons. The van der Waals surface area contributed by atoms with E-state index in [1.807, 2.05) is 0 Å². The molecular formula is C8H5ClF5NO. The summed E-state index contributed by atoms with van der Waals surface area (Å²) in [7, 11) is 0. The lowest BCUT2D eigenvalue weighted by Gasteiger charge is -2.12. The minimum atomic E-state index is -5.00. The topological polar surface area (TPSA) is 33.1 Å². The fourth-order valence-electron chi connectivity index (χ4n) is 1.05. The van der Waals surface area contributed by atoms with E-state index < -0.39 is 35.5 Å². The zero-order valence-corrected chi connectivity index (χ0v) is 8.28. The second-order valence-corrected chi connectivity index (χ2v) is 3.10. The van der Waals surface area contributed by atoms with Crippen LogP contribution in [-0.2, 0) is 12.1 Å². The van der Waals surface area contributed by atoms with Gasteiger partial charge in [-0.05, 0) is 6.07 Å². The summed E-state index contributed by atoms with van der Waals surface area (Å²) in [5.74, 6) is -2.01. The lowest BCUT2D eigenvalue weighted by Crippen LogP contribution is -2.11. The number of aromatic hydroxyl groups is 1. The van der Waals surface area contributed by atoms with E-state index in [4.69, 9.17) is 16.7 Å². The molecule has 1 N–H and O–H groups in total. The Bertz CT molecular complexity index is 393. The molecule has 0 aliphatic rings. The predicted molar refractivity (Wildman–Crippen MR) is 45.4 cm³/mol. The molecule has 1 aromatic rings. The third-order valence-corrected chi connectivity index (χ3v) is 1.99. The van der Waals surface area contributed by atoms with Gasteiger partial charge in [0.15, 0.2) is 11.4 Å². The summed E-state index contributed by atoms with van der Waals surface area (Å²) in [6, 6.07) is 0.641.